The van der Waals surface area contributed by atoms with Gasteiger partial charge >= 0.3 is 5.97 Å². The van der Waals surface area contributed by atoms with E-state index in [9.17, 15) is 4.79 Å². The van der Waals surface area contributed by atoms with Crippen molar-refractivity contribution in [2.45, 2.75) is 6.04 Å². The van der Waals surface area contributed by atoms with E-state index in [1.54, 1.807) is 12.3 Å². The molecule has 1 aromatic rings. The van der Waals surface area contributed by atoms with Crippen LogP contribution in [0.4, 0.5) is 0 Å². The van der Waals surface area contributed by atoms with Crippen molar-refractivity contribution in [3.63, 3.8) is 0 Å². The highest BCUT2D eigenvalue weighted by molar-refractivity contribution is 9.10. The third-order valence-electron chi connectivity index (χ3n) is 1.40. The van der Waals surface area contributed by atoms with Crippen molar-refractivity contribution < 1.29 is 9.90 Å². The van der Waals surface area contributed by atoms with E-state index in [1.165, 1.54) is 6.20 Å². The lowest BCUT2D eigenvalue weighted by atomic mass is 10.1. The minimum Gasteiger partial charge on any atom is -0.480 e. The number of halogens is 1. The van der Waals surface area contributed by atoms with E-state index in [0.717, 1.165) is 0 Å². The summed E-state index contributed by atoms with van der Waals surface area (Å²) >= 11 is 3.18. The number of carboxylic acid groups (broad SMARTS) is 1. The molecule has 64 valence electrons. The number of aliphatic carboxylic acids is 1. The first-order valence-corrected chi connectivity index (χ1v) is 4.00. The Morgan fingerprint density at radius 3 is 2.92 bits per heavy atom. The van der Waals surface area contributed by atoms with Crippen LogP contribution in [0.15, 0.2) is 22.9 Å². The molecule has 1 atom stereocenters. The fraction of sp³-hybridized carbons (Fsp3) is 0.143. The molecule has 0 spiro atoms. The lowest BCUT2D eigenvalue weighted by molar-refractivity contribution is -0.138. The van der Waals surface area contributed by atoms with Gasteiger partial charge in [0.2, 0.25) is 0 Å². The first-order chi connectivity index (χ1) is 5.63. The molecule has 1 aromatic heterocycles. The fourth-order valence-corrected chi connectivity index (χ4v) is 1.22. The Hall–Kier alpha value is -0.940. The van der Waals surface area contributed by atoms with Crippen LogP contribution in [0.1, 0.15) is 11.6 Å². The first kappa shape index (κ1) is 9.15. The average molecular weight is 231 g/mol. The maximum absolute atomic E-state index is 10.5. The third kappa shape index (κ3) is 1.80. The van der Waals surface area contributed by atoms with Crippen molar-refractivity contribution in [3.05, 3.63) is 28.5 Å². The van der Waals surface area contributed by atoms with E-state index < -0.39 is 12.0 Å². The lowest BCUT2D eigenvalue weighted by Gasteiger charge is -2.07. The van der Waals surface area contributed by atoms with Crippen molar-refractivity contribution in [2.24, 2.45) is 5.73 Å². The first-order valence-electron chi connectivity index (χ1n) is 3.20. The molecule has 1 unspecified atom stereocenters. The number of hydrogen-bond acceptors (Lipinski definition) is 3. The number of nitrogens with two attached hydrogens (primary N) is 1. The highest BCUT2D eigenvalue weighted by atomic mass is 79.9. The minimum atomic E-state index is -1.07. The summed E-state index contributed by atoms with van der Waals surface area (Å²) < 4.78 is 0.660. The highest BCUT2D eigenvalue weighted by Crippen LogP contribution is 2.20. The zero-order valence-electron chi connectivity index (χ0n) is 6.07. The Morgan fingerprint density at radius 2 is 2.42 bits per heavy atom. The van der Waals surface area contributed by atoms with E-state index in [1.807, 2.05) is 0 Å². The molecular formula is C7H7BrN2O2. The second-order valence-corrected chi connectivity index (χ2v) is 3.07. The van der Waals surface area contributed by atoms with Crippen LogP contribution in [0, 0.1) is 0 Å². The number of hydrogen-bond donors (Lipinski definition) is 2. The molecule has 0 aliphatic heterocycles. The molecule has 12 heavy (non-hydrogen) atoms. The molecule has 0 radical (unpaired) electrons. The predicted octanol–water partition coefficient (Wildman–Crippen LogP) is 0.928. The van der Waals surface area contributed by atoms with Crippen molar-refractivity contribution in [3.8, 4) is 0 Å². The molecular weight excluding hydrogens is 224 g/mol. The van der Waals surface area contributed by atoms with Crippen LogP contribution < -0.4 is 5.73 Å². The van der Waals surface area contributed by atoms with Gasteiger partial charge in [0.05, 0.1) is 0 Å². The van der Waals surface area contributed by atoms with Gasteiger partial charge in [-0.05, 0) is 6.07 Å². The molecule has 0 aliphatic rings. The number of rotatable bonds is 2. The summed E-state index contributed by atoms with van der Waals surface area (Å²) in [5, 5.41) is 8.59. The van der Waals surface area contributed by atoms with E-state index in [2.05, 4.69) is 20.9 Å². The maximum atomic E-state index is 10.5. The molecule has 0 aliphatic carbocycles. The van der Waals surface area contributed by atoms with E-state index in [-0.39, 0.29) is 0 Å². The van der Waals surface area contributed by atoms with Gasteiger partial charge in [0.15, 0.2) is 0 Å². The number of carbonyl (C=O) groups is 1. The summed E-state index contributed by atoms with van der Waals surface area (Å²) in [5.74, 6) is -1.07. The fourth-order valence-electron chi connectivity index (χ4n) is 0.752. The maximum Gasteiger partial charge on any atom is 0.325 e. The van der Waals surface area contributed by atoms with Gasteiger partial charge in [0, 0.05) is 22.4 Å². The summed E-state index contributed by atoms with van der Waals surface area (Å²) in [6.45, 7) is 0. The normalized spacial score (nSPS) is 12.5. The van der Waals surface area contributed by atoms with Crippen LogP contribution in [0.25, 0.3) is 0 Å². The third-order valence-corrected chi connectivity index (χ3v) is 2.12. The number of nitrogens with zero attached hydrogens (tertiary/aromatic N) is 1. The Morgan fingerprint density at radius 1 is 1.75 bits per heavy atom. The molecule has 0 fully saturated rings. The predicted molar refractivity (Wildman–Crippen MR) is 46.5 cm³/mol. The topological polar surface area (TPSA) is 76.2 Å². The standard InChI is InChI=1S/C7H7BrN2O2/c8-5-1-2-10-3-4(5)6(9)7(11)12/h1-3,6H,9H2,(H,11,12). The molecule has 0 saturated carbocycles. The van der Waals surface area contributed by atoms with Gasteiger partial charge in [-0.1, -0.05) is 15.9 Å². The largest absolute Gasteiger partial charge is 0.480 e. The molecule has 3 N–H and O–H groups in total. The second-order valence-electron chi connectivity index (χ2n) is 2.21. The van der Waals surface area contributed by atoms with Gasteiger partial charge in [-0.15, -0.1) is 0 Å². The Kier molecular flexibility index (Phi) is 2.78. The van der Waals surface area contributed by atoms with Crippen LogP contribution >= 0.6 is 15.9 Å². The number of carboxylic acids is 1. The quantitative estimate of drug-likeness (QED) is 0.793. The summed E-state index contributed by atoms with van der Waals surface area (Å²) in [4.78, 5) is 14.3. The van der Waals surface area contributed by atoms with E-state index in [0.29, 0.717) is 10.0 Å². The van der Waals surface area contributed by atoms with Gasteiger partial charge in [-0.3, -0.25) is 9.78 Å². The Bertz CT molecular complexity index is 303. The summed E-state index contributed by atoms with van der Waals surface area (Å²) in [7, 11) is 0. The zero-order chi connectivity index (χ0) is 9.14. The van der Waals surface area contributed by atoms with E-state index >= 15 is 0 Å². The monoisotopic (exact) mass is 230 g/mol. The SMILES string of the molecule is NC(C(=O)O)c1cnccc1Br. The summed E-state index contributed by atoms with van der Waals surface area (Å²) in [6, 6.07) is 0.631. The van der Waals surface area contributed by atoms with Crippen LogP contribution in [0.3, 0.4) is 0 Å². The van der Waals surface area contributed by atoms with Crippen LogP contribution in [0.2, 0.25) is 0 Å². The molecule has 0 bridgehead atoms. The highest BCUT2D eigenvalue weighted by Gasteiger charge is 2.16. The minimum absolute atomic E-state index is 0.477. The molecule has 1 heterocycles. The smallest absolute Gasteiger partial charge is 0.325 e. The molecule has 0 aromatic carbocycles. The summed E-state index contributed by atoms with van der Waals surface area (Å²) in [6.07, 6.45) is 2.99. The van der Waals surface area contributed by atoms with Gasteiger partial charge in [-0.25, -0.2) is 0 Å². The molecule has 0 amide bonds. The second kappa shape index (κ2) is 3.64. The Labute approximate surface area is 77.5 Å². The van der Waals surface area contributed by atoms with E-state index in [4.69, 9.17) is 10.8 Å². The van der Waals surface area contributed by atoms with Gasteiger partial charge in [-0.2, -0.15) is 0 Å². The van der Waals surface area contributed by atoms with Gasteiger partial charge in [0.25, 0.3) is 0 Å². The van der Waals surface area contributed by atoms with Crippen LogP contribution in [-0.4, -0.2) is 16.1 Å². The zero-order valence-corrected chi connectivity index (χ0v) is 7.65. The van der Waals surface area contributed by atoms with Crippen molar-refractivity contribution in [1.82, 2.24) is 4.98 Å². The van der Waals surface area contributed by atoms with Crippen molar-refractivity contribution in [1.29, 1.82) is 0 Å². The van der Waals surface area contributed by atoms with Crippen LogP contribution in [-0.2, 0) is 4.79 Å². The lowest BCUT2D eigenvalue weighted by Crippen LogP contribution is -2.21. The molecule has 0 saturated heterocycles. The van der Waals surface area contributed by atoms with Crippen molar-refractivity contribution >= 4 is 21.9 Å². The molecule has 4 nitrogen and oxygen atoms in total. The van der Waals surface area contributed by atoms with Crippen LogP contribution in [0.5, 0.6) is 0 Å². The van der Waals surface area contributed by atoms with Gasteiger partial charge in [0.1, 0.15) is 6.04 Å². The number of pyridine rings is 1. The average Bonchev–Trinajstić information content (AvgIpc) is 2.04. The molecule has 1 rings (SSSR count). The van der Waals surface area contributed by atoms with Crippen molar-refractivity contribution in [2.75, 3.05) is 0 Å². The molecule has 5 heteroatoms. The number of aromatic nitrogens is 1. The van der Waals surface area contributed by atoms with Gasteiger partial charge < -0.3 is 10.8 Å². The Balaban J connectivity index is 3.02. The summed E-state index contributed by atoms with van der Waals surface area (Å²) in [5.41, 5.74) is 5.85.